The van der Waals surface area contributed by atoms with E-state index in [0.717, 1.165) is 12.1 Å². The number of carbonyl (C=O) groups is 1. The molecule has 12 heteroatoms. The highest BCUT2D eigenvalue weighted by atomic mass is 19.4. The molecule has 0 radical (unpaired) electrons. The number of alkyl halides is 9. The van der Waals surface area contributed by atoms with Gasteiger partial charge in [-0.3, -0.25) is 9.69 Å². The normalized spacial score (nSPS) is 20.0. The Morgan fingerprint density at radius 2 is 1.49 bits per heavy atom. The summed E-state index contributed by atoms with van der Waals surface area (Å²) in [5.74, 6) is -1.01. The number of ether oxygens (including phenoxy) is 1. The lowest BCUT2D eigenvalue weighted by molar-refractivity contribution is -0.143. The molecule has 3 rings (SSSR count). The van der Waals surface area contributed by atoms with E-state index in [1.807, 2.05) is 0 Å². The molecule has 1 heterocycles. The number of hydrogen-bond donors (Lipinski definition) is 0. The van der Waals surface area contributed by atoms with E-state index in [4.69, 9.17) is 4.74 Å². The quantitative estimate of drug-likeness (QED) is 0.182. The maximum atomic E-state index is 14.1. The highest BCUT2D eigenvalue weighted by Gasteiger charge is 2.42. The van der Waals surface area contributed by atoms with Gasteiger partial charge in [0, 0.05) is 12.5 Å². The third-order valence-corrected chi connectivity index (χ3v) is 7.10. The zero-order valence-electron chi connectivity index (χ0n) is 22.5. The van der Waals surface area contributed by atoms with Gasteiger partial charge in [0.05, 0.1) is 29.8 Å². The molecule has 1 saturated heterocycles. The summed E-state index contributed by atoms with van der Waals surface area (Å²) in [6.07, 6.45) is -11.1. The Kier molecular flexibility index (Phi) is 9.88. The van der Waals surface area contributed by atoms with Gasteiger partial charge in [0.2, 0.25) is 0 Å². The lowest BCUT2D eigenvalue weighted by atomic mass is 9.82. The second-order valence-electron chi connectivity index (χ2n) is 10.4. The van der Waals surface area contributed by atoms with Crippen LogP contribution in [0.3, 0.4) is 0 Å². The lowest BCUT2D eigenvalue weighted by Crippen LogP contribution is -2.40. The van der Waals surface area contributed by atoms with Crippen molar-refractivity contribution in [1.82, 2.24) is 4.90 Å². The molecule has 0 saturated carbocycles. The summed E-state index contributed by atoms with van der Waals surface area (Å²) in [7, 11) is 1.20. The first-order valence-corrected chi connectivity index (χ1v) is 12.9. The molecule has 1 fully saturated rings. The predicted octanol–water partition coefficient (Wildman–Crippen LogP) is 9.01. The van der Waals surface area contributed by atoms with Crippen molar-refractivity contribution in [2.24, 2.45) is 11.8 Å². The Hall–Kier alpha value is -3.02. The third kappa shape index (κ3) is 8.27. The summed E-state index contributed by atoms with van der Waals surface area (Å²) in [6, 6.07) is 3.28. The minimum Gasteiger partial charge on any atom is -0.469 e. The Balaban J connectivity index is 2.20. The highest BCUT2D eigenvalue weighted by Crippen LogP contribution is 2.46. The first-order valence-electron chi connectivity index (χ1n) is 12.9. The summed E-state index contributed by atoms with van der Waals surface area (Å²) in [5, 5.41) is 0. The second-order valence-corrected chi connectivity index (χ2v) is 10.4. The molecule has 0 spiro atoms. The van der Waals surface area contributed by atoms with Gasteiger partial charge in [0.25, 0.3) is 0 Å². The van der Waals surface area contributed by atoms with E-state index in [0.29, 0.717) is 30.2 Å². The van der Waals surface area contributed by atoms with Crippen LogP contribution in [0.2, 0.25) is 0 Å². The molecule has 2 aromatic carbocycles. The zero-order chi connectivity index (χ0) is 30.8. The minimum atomic E-state index is -4.98. The van der Waals surface area contributed by atoms with Crippen LogP contribution in [0.4, 0.5) is 39.5 Å². The van der Waals surface area contributed by atoms with Gasteiger partial charge in [0.15, 0.2) is 0 Å². The van der Waals surface area contributed by atoms with Crippen molar-refractivity contribution < 1.29 is 49.0 Å². The number of carbonyl (C=O) groups excluding carboxylic acids is 1. The summed E-state index contributed by atoms with van der Waals surface area (Å²) in [5.41, 5.74) is -3.71. The molecule has 2 aromatic rings. The molecule has 3 atom stereocenters. The largest absolute Gasteiger partial charge is 0.469 e. The van der Waals surface area contributed by atoms with Gasteiger partial charge in [-0.1, -0.05) is 38.1 Å². The smallest absolute Gasteiger partial charge is 0.416 e. The second kappa shape index (κ2) is 12.5. The van der Waals surface area contributed by atoms with Gasteiger partial charge in [-0.05, 0) is 72.7 Å². The standard InChI is InChI=1S/C29H30F9NO2/c1-17(2)4-11-24(22-16-21(28(33,34)35)9-10-23(22)29(36,37)38)39-13-12-18(15-26(40)41-3)14-25(39)19-5-7-20(8-6-19)27(30,31)32/h4-11,16-18,24-25H,12-15H2,1-3H3/t18-,24?,25+/m1/s1. The Bertz CT molecular complexity index is 1210. The van der Waals surface area contributed by atoms with Crippen molar-refractivity contribution in [3.05, 3.63) is 82.4 Å². The Labute approximate surface area is 232 Å². The number of hydrogen-bond acceptors (Lipinski definition) is 3. The molecule has 0 bridgehead atoms. The van der Waals surface area contributed by atoms with Gasteiger partial charge in [-0.15, -0.1) is 0 Å². The maximum Gasteiger partial charge on any atom is 0.416 e. The molecular weight excluding hydrogens is 565 g/mol. The maximum absolute atomic E-state index is 14.1. The zero-order valence-corrected chi connectivity index (χ0v) is 22.5. The molecule has 1 unspecified atom stereocenters. The van der Waals surface area contributed by atoms with Crippen molar-refractivity contribution >= 4 is 5.97 Å². The van der Waals surface area contributed by atoms with Crippen LogP contribution in [0.1, 0.15) is 73.0 Å². The number of esters is 1. The average molecular weight is 596 g/mol. The van der Waals surface area contributed by atoms with E-state index in [-0.39, 0.29) is 31.2 Å². The summed E-state index contributed by atoms with van der Waals surface area (Å²) in [4.78, 5) is 13.5. The fraction of sp³-hybridized carbons (Fsp3) is 0.483. The molecule has 41 heavy (non-hydrogen) atoms. The minimum absolute atomic E-state index is 0.0225. The van der Waals surface area contributed by atoms with Gasteiger partial charge in [-0.25, -0.2) is 0 Å². The van der Waals surface area contributed by atoms with Crippen LogP contribution >= 0.6 is 0 Å². The van der Waals surface area contributed by atoms with Gasteiger partial charge in [-0.2, -0.15) is 39.5 Å². The van der Waals surface area contributed by atoms with Crippen molar-refractivity contribution in [2.45, 2.75) is 63.7 Å². The number of nitrogens with zero attached hydrogens (tertiary/aromatic N) is 1. The highest BCUT2D eigenvalue weighted by molar-refractivity contribution is 5.69. The van der Waals surface area contributed by atoms with Crippen LogP contribution < -0.4 is 0 Å². The monoisotopic (exact) mass is 595 g/mol. The third-order valence-electron chi connectivity index (χ3n) is 7.10. The number of benzene rings is 2. The first-order chi connectivity index (χ1) is 18.9. The molecule has 1 aliphatic heterocycles. The number of halogens is 9. The molecular formula is C29H30F9NO2. The number of methoxy groups -OCH3 is 1. The van der Waals surface area contributed by atoms with Crippen LogP contribution in [0.5, 0.6) is 0 Å². The van der Waals surface area contributed by atoms with E-state index < -0.39 is 58.8 Å². The Morgan fingerprint density at radius 3 is 2.00 bits per heavy atom. The van der Waals surface area contributed by atoms with E-state index >= 15 is 0 Å². The first kappa shape index (κ1) is 32.5. The lowest BCUT2D eigenvalue weighted by Gasteiger charge is -2.44. The van der Waals surface area contributed by atoms with Crippen molar-refractivity contribution in [3.63, 3.8) is 0 Å². The summed E-state index contributed by atoms with van der Waals surface area (Å²) >= 11 is 0. The van der Waals surface area contributed by atoms with Gasteiger partial charge >= 0.3 is 24.5 Å². The van der Waals surface area contributed by atoms with Crippen LogP contribution in [-0.4, -0.2) is 24.5 Å². The van der Waals surface area contributed by atoms with Gasteiger partial charge in [0.1, 0.15) is 0 Å². The Morgan fingerprint density at radius 1 is 0.902 bits per heavy atom. The fourth-order valence-electron chi connectivity index (χ4n) is 5.08. The number of likely N-dealkylation sites (tertiary alicyclic amines) is 1. The van der Waals surface area contributed by atoms with Gasteiger partial charge < -0.3 is 4.74 Å². The van der Waals surface area contributed by atoms with E-state index in [2.05, 4.69) is 0 Å². The molecule has 0 N–H and O–H groups in total. The number of allylic oxidation sites excluding steroid dienone is 1. The van der Waals surface area contributed by atoms with Crippen molar-refractivity contribution in [3.8, 4) is 0 Å². The van der Waals surface area contributed by atoms with Crippen molar-refractivity contribution in [1.29, 1.82) is 0 Å². The van der Waals surface area contributed by atoms with E-state index in [9.17, 15) is 44.3 Å². The summed E-state index contributed by atoms with van der Waals surface area (Å²) in [6.45, 7) is 3.56. The predicted molar refractivity (Wildman–Crippen MR) is 133 cm³/mol. The van der Waals surface area contributed by atoms with Crippen molar-refractivity contribution in [2.75, 3.05) is 13.7 Å². The number of rotatable bonds is 7. The van der Waals surface area contributed by atoms with Crippen LogP contribution in [0.15, 0.2) is 54.6 Å². The molecule has 226 valence electrons. The topological polar surface area (TPSA) is 29.5 Å². The summed E-state index contributed by atoms with van der Waals surface area (Å²) < 4.78 is 128. The molecule has 1 aliphatic rings. The van der Waals surface area contributed by atoms with E-state index in [1.165, 1.54) is 25.3 Å². The van der Waals surface area contributed by atoms with E-state index in [1.54, 1.807) is 24.8 Å². The number of piperidine rings is 1. The molecule has 3 nitrogen and oxygen atoms in total. The molecule has 0 aromatic heterocycles. The van der Waals surface area contributed by atoms with Crippen LogP contribution in [-0.2, 0) is 28.1 Å². The SMILES string of the molecule is COC(=O)C[C@@H]1CCN(C(C=CC(C)C)c2cc(C(F)(F)F)ccc2C(F)(F)F)[C@H](c2ccc(C(F)(F)F)cc2)C1. The molecule has 0 aliphatic carbocycles. The van der Waals surface area contributed by atoms with Crippen LogP contribution in [0.25, 0.3) is 0 Å². The van der Waals surface area contributed by atoms with Crippen LogP contribution in [0, 0.1) is 11.8 Å². The fourth-order valence-corrected chi connectivity index (χ4v) is 5.08. The molecule has 0 amide bonds. The average Bonchev–Trinajstić information content (AvgIpc) is 2.87.